The fourth-order valence-corrected chi connectivity index (χ4v) is 2.80. The van der Waals surface area contributed by atoms with E-state index in [1.807, 2.05) is 12.1 Å². The molecule has 0 saturated heterocycles. The van der Waals surface area contributed by atoms with E-state index in [-0.39, 0.29) is 17.2 Å². The number of aryl methyl sites for hydroxylation is 3. The van der Waals surface area contributed by atoms with Crippen LogP contribution in [-0.4, -0.2) is 26.8 Å². The van der Waals surface area contributed by atoms with Gasteiger partial charge in [-0.15, -0.1) is 0 Å². The molecule has 2 heterocycles. The van der Waals surface area contributed by atoms with E-state index in [2.05, 4.69) is 40.1 Å². The number of carbonyl (C=O) groups is 1. The monoisotopic (exact) mass is 324 g/mol. The lowest BCUT2D eigenvalue weighted by molar-refractivity contribution is 0.0945. The van der Waals surface area contributed by atoms with Crippen LogP contribution in [0.15, 0.2) is 47.3 Å². The average molecular weight is 324 g/mol. The summed E-state index contributed by atoms with van der Waals surface area (Å²) in [6.07, 6.45) is 0.816. The van der Waals surface area contributed by atoms with Gasteiger partial charge in [-0.25, -0.2) is 4.68 Å². The molecule has 0 bridgehead atoms. The van der Waals surface area contributed by atoms with Gasteiger partial charge in [0.05, 0.1) is 0 Å². The van der Waals surface area contributed by atoms with Crippen LogP contribution in [0.1, 0.15) is 22.6 Å². The van der Waals surface area contributed by atoms with Crippen molar-refractivity contribution in [3.8, 4) is 0 Å². The molecule has 0 aliphatic rings. The van der Waals surface area contributed by atoms with Crippen LogP contribution in [0.2, 0.25) is 0 Å². The first-order valence-electron chi connectivity index (χ1n) is 7.94. The van der Waals surface area contributed by atoms with Crippen molar-refractivity contribution in [1.29, 1.82) is 0 Å². The highest BCUT2D eigenvalue weighted by molar-refractivity contribution is 5.91. The minimum Gasteiger partial charge on any atom is -0.351 e. The lowest BCUT2D eigenvalue weighted by Crippen LogP contribution is -2.29. The molecule has 0 radical (unpaired) electrons. The lowest BCUT2D eigenvalue weighted by atomic mass is 10.2. The van der Waals surface area contributed by atoms with Gasteiger partial charge in [-0.3, -0.25) is 9.59 Å². The molecule has 2 aromatic heterocycles. The molecule has 1 N–H and O–H groups in total. The van der Waals surface area contributed by atoms with Crippen molar-refractivity contribution in [3.63, 3.8) is 0 Å². The van der Waals surface area contributed by atoms with E-state index in [1.165, 1.54) is 35.8 Å². The third-order valence-corrected chi connectivity index (χ3v) is 4.05. The topological polar surface area (TPSA) is 68.9 Å². The Balaban J connectivity index is 1.58. The van der Waals surface area contributed by atoms with Gasteiger partial charge in [-0.05, 0) is 36.9 Å². The van der Waals surface area contributed by atoms with Crippen LogP contribution < -0.4 is 10.9 Å². The molecule has 0 fully saturated rings. The number of rotatable bonds is 5. The predicted octanol–water partition coefficient (Wildman–Crippen LogP) is 1.86. The van der Waals surface area contributed by atoms with Gasteiger partial charge < -0.3 is 9.88 Å². The van der Waals surface area contributed by atoms with E-state index in [1.54, 1.807) is 0 Å². The van der Waals surface area contributed by atoms with Gasteiger partial charge in [0.1, 0.15) is 5.69 Å². The first kappa shape index (κ1) is 16.0. The molecule has 0 aliphatic heterocycles. The number of fused-ring (bicyclic) bond motifs is 1. The van der Waals surface area contributed by atoms with E-state index < -0.39 is 0 Å². The molecule has 0 saturated carbocycles. The second-order valence-corrected chi connectivity index (χ2v) is 5.79. The number of aromatic nitrogens is 3. The van der Waals surface area contributed by atoms with Gasteiger partial charge >= 0.3 is 0 Å². The van der Waals surface area contributed by atoms with E-state index in [9.17, 15) is 9.59 Å². The molecule has 3 aromatic rings. The van der Waals surface area contributed by atoms with Gasteiger partial charge in [-0.1, -0.05) is 18.2 Å². The molecule has 1 aromatic carbocycles. The largest absolute Gasteiger partial charge is 0.351 e. The summed E-state index contributed by atoms with van der Waals surface area (Å²) < 4.78 is 3.41. The van der Waals surface area contributed by atoms with E-state index in [0.29, 0.717) is 6.54 Å². The second kappa shape index (κ2) is 6.70. The van der Waals surface area contributed by atoms with Gasteiger partial charge in [0.25, 0.3) is 11.5 Å². The predicted molar refractivity (Wildman–Crippen MR) is 93.1 cm³/mol. The molecule has 124 valence electrons. The van der Waals surface area contributed by atoms with Crippen LogP contribution in [0.4, 0.5) is 0 Å². The summed E-state index contributed by atoms with van der Waals surface area (Å²) >= 11 is 0. The van der Waals surface area contributed by atoms with Crippen molar-refractivity contribution < 1.29 is 4.79 Å². The Kier molecular flexibility index (Phi) is 4.46. The van der Waals surface area contributed by atoms with E-state index in [4.69, 9.17) is 0 Å². The Morgan fingerprint density at radius 1 is 1.21 bits per heavy atom. The number of carbonyl (C=O) groups excluding carboxylic acids is 1. The highest BCUT2D eigenvalue weighted by Gasteiger charge is 2.08. The maximum Gasteiger partial charge on any atom is 0.271 e. The van der Waals surface area contributed by atoms with E-state index >= 15 is 0 Å². The lowest BCUT2D eigenvalue weighted by Gasteiger charge is -2.09. The molecular formula is C18H20N4O2. The highest BCUT2D eigenvalue weighted by Crippen LogP contribution is 2.19. The van der Waals surface area contributed by atoms with Crippen molar-refractivity contribution in [2.75, 3.05) is 6.54 Å². The first-order chi connectivity index (χ1) is 11.6. The maximum atomic E-state index is 12.1. The quantitative estimate of drug-likeness (QED) is 0.728. The number of benzene rings is 1. The van der Waals surface area contributed by atoms with Crippen molar-refractivity contribution >= 4 is 16.8 Å². The normalized spacial score (nSPS) is 10.9. The third-order valence-electron chi connectivity index (χ3n) is 4.05. The van der Waals surface area contributed by atoms with Gasteiger partial charge in [0, 0.05) is 37.4 Å². The fourth-order valence-electron chi connectivity index (χ4n) is 2.80. The maximum absolute atomic E-state index is 12.1. The van der Waals surface area contributed by atoms with Crippen molar-refractivity contribution in [3.05, 3.63) is 64.2 Å². The average Bonchev–Trinajstić information content (AvgIpc) is 2.89. The van der Waals surface area contributed by atoms with E-state index in [0.717, 1.165) is 17.6 Å². The summed E-state index contributed by atoms with van der Waals surface area (Å²) in [4.78, 5) is 23.3. The highest BCUT2D eigenvalue weighted by atomic mass is 16.2. The van der Waals surface area contributed by atoms with Gasteiger partial charge in [0.15, 0.2) is 0 Å². The first-order valence-corrected chi connectivity index (χ1v) is 7.94. The second-order valence-electron chi connectivity index (χ2n) is 5.79. The molecule has 0 aliphatic carbocycles. The Morgan fingerprint density at radius 3 is 2.79 bits per heavy atom. The number of para-hydroxylation sites is 1. The van der Waals surface area contributed by atoms with Crippen LogP contribution in [-0.2, 0) is 13.6 Å². The summed E-state index contributed by atoms with van der Waals surface area (Å²) in [5.74, 6) is -0.264. The molecule has 0 unspecified atom stereocenters. The number of amides is 1. The Hall–Kier alpha value is -2.89. The molecule has 24 heavy (non-hydrogen) atoms. The van der Waals surface area contributed by atoms with Gasteiger partial charge in [0.2, 0.25) is 0 Å². The molecule has 0 spiro atoms. The smallest absolute Gasteiger partial charge is 0.271 e. The molecule has 0 atom stereocenters. The molecule has 3 rings (SSSR count). The third kappa shape index (κ3) is 3.22. The van der Waals surface area contributed by atoms with Crippen molar-refractivity contribution in [2.24, 2.45) is 7.05 Å². The molecule has 1 amide bonds. The van der Waals surface area contributed by atoms with Gasteiger partial charge in [-0.2, -0.15) is 5.10 Å². The van der Waals surface area contributed by atoms with Crippen LogP contribution >= 0.6 is 0 Å². The van der Waals surface area contributed by atoms with Crippen LogP contribution in [0.25, 0.3) is 10.9 Å². The Morgan fingerprint density at radius 2 is 2.00 bits per heavy atom. The summed E-state index contributed by atoms with van der Waals surface area (Å²) in [5, 5.41) is 8.02. The molecule has 6 heteroatoms. The minimum atomic E-state index is -0.264. The number of hydrogen-bond acceptors (Lipinski definition) is 3. The van der Waals surface area contributed by atoms with Crippen molar-refractivity contribution in [2.45, 2.75) is 19.9 Å². The number of hydrogen-bond donors (Lipinski definition) is 1. The number of nitrogens with zero attached hydrogens (tertiary/aromatic N) is 3. The summed E-state index contributed by atoms with van der Waals surface area (Å²) in [6, 6.07) is 13.2. The zero-order chi connectivity index (χ0) is 17.1. The summed E-state index contributed by atoms with van der Waals surface area (Å²) in [6.45, 7) is 3.47. The summed E-state index contributed by atoms with van der Waals surface area (Å²) in [5.41, 5.74) is 2.43. The fraction of sp³-hybridized carbons (Fsp3) is 0.278. The van der Waals surface area contributed by atoms with Crippen LogP contribution in [0, 0.1) is 6.92 Å². The van der Waals surface area contributed by atoms with Crippen LogP contribution in [0.5, 0.6) is 0 Å². The Bertz CT molecular complexity index is 940. The van der Waals surface area contributed by atoms with Crippen molar-refractivity contribution in [1.82, 2.24) is 19.7 Å². The number of nitrogens with one attached hydrogen (secondary N) is 1. The minimum absolute atomic E-state index is 0.235. The zero-order valence-corrected chi connectivity index (χ0v) is 13.8. The molecular weight excluding hydrogens is 304 g/mol. The van der Waals surface area contributed by atoms with Crippen LogP contribution in [0.3, 0.4) is 0 Å². The standard InChI is InChI=1S/C18H20N4O2/c1-13-12-14-6-3-4-7-16(14)22(13)11-5-10-19-18(24)15-8-9-17(23)21(2)20-15/h3-4,6-9,12H,5,10-11H2,1-2H3,(H,19,24). The zero-order valence-electron chi connectivity index (χ0n) is 13.8. The SMILES string of the molecule is Cc1cc2ccccc2n1CCCNC(=O)c1ccc(=O)n(C)n1. The Labute approximate surface area is 139 Å². The molecule has 6 nitrogen and oxygen atoms in total. The summed E-state index contributed by atoms with van der Waals surface area (Å²) in [7, 11) is 1.53.